The van der Waals surface area contributed by atoms with E-state index in [4.69, 9.17) is 0 Å². The first kappa shape index (κ1) is 12.2. The van der Waals surface area contributed by atoms with E-state index < -0.39 is 0 Å². The number of nitrogens with zero attached hydrogens (tertiary/aromatic N) is 2. The van der Waals surface area contributed by atoms with Crippen LogP contribution in [0.2, 0.25) is 0 Å². The maximum absolute atomic E-state index is 12.5. The number of hydrogen-bond donors (Lipinski definition) is 0. The van der Waals surface area contributed by atoms with Gasteiger partial charge in [0.2, 0.25) is 0 Å². The molecule has 0 amide bonds. The Kier molecular flexibility index (Phi) is 2.72. The molecule has 3 nitrogen and oxygen atoms in total. The summed E-state index contributed by atoms with van der Waals surface area (Å²) in [7, 11) is 0. The van der Waals surface area contributed by atoms with Crippen molar-refractivity contribution in [1.29, 1.82) is 0 Å². The second kappa shape index (κ2) is 4.46. The first-order valence-electron chi connectivity index (χ1n) is 6.49. The number of benzene rings is 1. The zero-order valence-electron chi connectivity index (χ0n) is 10.9. The van der Waals surface area contributed by atoms with Gasteiger partial charge in [0.1, 0.15) is 4.83 Å². The second-order valence-electron chi connectivity index (χ2n) is 4.93. The molecule has 0 radical (unpaired) electrons. The Morgan fingerprint density at radius 1 is 1.30 bits per heavy atom. The summed E-state index contributed by atoms with van der Waals surface area (Å²) in [6, 6.07) is 12.1. The zero-order chi connectivity index (χ0) is 13.7. The van der Waals surface area contributed by atoms with Gasteiger partial charge in [-0.05, 0) is 11.6 Å². The molecule has 0 aliphatic carbocycles. The van der Waals surface area contributed by atoms with Gasteiger partial charge in [-0.25, -0.2) is 4.98 Å². The lowest BCUT2D eigenvalue weighted by Gasteiger charge is -1.99. The molecule has 1 aliphatic heterocycles. The molecule has 1 aliphatic rings. The first-order valence-corrected chi connectivity index (χ1v) is 8.18. The molecule has 3 heterocycles. The highest BCUT2D eigenvalue weighted by Gasteiger charge is 2.23. The van der Waals surface area contributed by atoms with Crippen LogP contribution in [0.3, 0.4) is 0 Å². The maximum atomic E-state index is 12.5. The van der Waals surface area contributed by atoms with Crippen LogP contribution < -0.4 is 5.56 Å². The molecule has 0 bridgehead atoms. The van der Waals surface area contributed by atoms with Gasteiger partial charge in [-0.15, -0.1) is 11.3 Å². The minimum absolute atomic E-state index is 0.0975. The van der Waals surface area contributed by atoms with Crippen molar-refractivity contribution < 1.29 is 0 Å². The molecule has 3 aromatic rings. The summed E-state index contributed by atoms with van der Waals surface area (Å²) in [5.41, 5.74) is 1.24. The van der Waals surface area contributed by atoms with Gasteiger partial charge in [-0.3, -0.25) is 9.36 Å². The summed E-state index contributed by atoms with van der Waals surface area (Å²) in [4.78, 5) is 19.1. The van der Waals surface area contributed by atoms with Crippen LogP contribution in [0.15, 0.2) is 46.3 Å². The Balaban J connectivity index is 1.94. The van der Waals surface area contributed by atoms with Crippen molar-refractivity contribution in [1.82, 2.24) is 9.55 Å². The molecule has 0 saturated heterocycles. The summed E-state index contributed by atoms with van der Waals surface area (Å²) >= 11 is 3.28. The predicted octanol–water partition coefficient (Wildman–Crippen LogP) is 3.62. The van der Waals surface area contributed by atoms with Crippen LogP contribution >= 0.6 is 23.1 Å². The standard InChI is InChI=1S/C15H12N2OS2/c1-9-8-17-14(18)11-7-12(10-5-3-2-4-6-10)20-13(11)16-15(17)19-9/h2-7,9H,8H2,1H3. The molecule has 4 rings (SSSR count). The zero-order valence-corrected chi connectivity index (χ0v) is 12.5. The van der Waals surface area contributed by atoms with E-state index in [9.17, 15) is 4.79 Å². The Morgan fingerprint density at radius 2 is 2.10 bits per heavy atom. The SMILES string of the molecule is CC1Cn2c(nc3sc(-c4ccccc4)cc3c2=O)S1. The Morgan fingerprint density at radius 3 is 2.90 bits per heavy atom. The van der Waals surface area contributed by atoms with E-state index in [2.05, 4.69) is 24.0 Å². The summed E-state index contributed by atoms with van der Waals surface area (Å²) in [6.07, 6.45) is 0. The number of thioether (sulfide) groups is 1. The van der Waals surface area contributed by atoms with Crippen molar-refractivity contribution >= 4 is 33.3 Å². The highest BCUT2D eigenvalue weighted by molar-refractivity contribution is 7.99. The monoisotopic (exact) mass is 300 g/mol. The smallest absolute Gasteiger partial charge is 0.262 e. The molecule has 0 N–H and O–H groups in total. The van der Waals surface area contributed by atoms with Gasteiger partial charge in [0.05, 0.1) is 5.39 Å². The van der Waals surface area contributed by atoms with Gasteiger partial charge in [-0.1, -0.05) is 49.0 Å². The molecule has 0 fully saturated rings. The highest BCUT2D eigenvalue weighted by atomic mass is 32.2. The van der Waals surface area contributed by atoms with Crippen LogP contribution in [0.25, 0.3) is 20.7 Å². The van der Waals surface area contributed by atoms with E-state index >= 15 is 0 Å². The Hall–Kier alpha value is -1.59. The number of hydrogen-bond acceptors (Lipinski definition) is 4. The number of rotatable bonds is 1. The van der Waals surface area contributed by atoms with Crippen molar-refractivity contribution in [2.45, 2.75) is 23.9 Å². The fraction of sp³-hybridized carbons (Fsp3) is 0.200. The third-order valence-corrected chi connectivity index (χ3v) is 5.57. The Bertz CT molecular complexity index is 851. The van der Waals surface area contributed by atoms with Crippen LogP contribution in [0.4, 0.5) is 0 Å². The molecular weight excluding hydrogens is 288 g/mol. The molecule has 100 valence electrons. The van der Waals surface area contributed by atoms with E-state index in [0.717, 1.165) is 32.4 Å². The second-order valence-corrected chi connectivity index (χ2v) is 7.37. The van der Waals surface area contributed by atoms with Gasteiger partial charge in [0.15, 0.2) is 5.16 Å². The van der Waals surface area contributed by atoms with Crippen molar-refractivity contribution in [2.24, 2.45) is 0 Å². The van der Waals surface area contributed by atoms with Crippen molar-refractivity contribution in [3.05, 3.63) is 46.8 Å². The topological polar surface area (TPSA) is 34.9 Å². The average Bonchev–Trinajstić information content (AvgIpc) is 3.03. The van der Waals surface area contributed by atoms with E-state index in [1.54, 1.807) is 27.7 Å². The van der Waals surface area contributed by atoms with Gasteiger partial charge in [0, 0.05) is 16.7 Å². The quantitative estimate of drug-likeness (QED) is 0.644. The molecule has 0 spiro atoms. The van der Waals surface area contributed by atoms with E-state index in [1.165, 1.54) is 0 Å². The summed E-state index contributed by atoms with van der Waals surface area (Å²) in [5.74, 6) is 0. The largest absolute Gasteiger partial charge is 0.286 e. The van der Waals surface area contributed by atoms with E-state index in [0.29, 0.717) is 5.25 Å². The minimum atomic E-state index is 0.0975. The van der Waals surface area contributed by atoms with Gasteiger partial charge >= 0.3 is 0 Å². The lowest BCUT2D eigenvalue weighted by molar-refractivity contribution is 0.629. The van der Waals surface area contributed by atoms with Crippen LogP contribution in [0.5, 0.6) is 0 Å². The normalized spacial score (nSPS) is 17.6. The molecule has 1 atom stereocenters. The van der Waals surface area contributed by atoms with Gasteiger partial charge in [-0.2, -0.15) is 0 Å². The van der Waals surface area contributed by atoms with E-state index in [1.807, 2.05) is 24.3 Å². The van der Waals surface area contributed by atoms with Crippen LogP contribution in [-0.2, 0) is 6.54 Å². The molecule has 1 unspecified atom stereocenters. The molecule has 2 aromatic heterocycles. The Labute approximate surface area is 124 Å². The van der Waals surface area contributed by atoms with E-state index in [-0.39, 0.29) is 5.56 Å². The fourth-order valence-electron chi connectivity index (χ4n) is 2.47. The van der Waals surface area contributed by atoms with Crippen molar-refractivity contribution in [3.8, 4) is 10.4 Å². The molecule has 20 heavy (non-hydrogen) atoms. The maximum Gasteiger partial charge on any atom is 0.262 e. The molecule has 1 aromatic carbocycles. The highest BCUT2D eigenvalue weighted by Crippen LogP contribution is 2.34. The van der Waals surface area contributed by atoms with Crippen LogP contribution in [-0.4, -0.2) is 14.8 Å². The van der Waals surface area contributed by atoms with Gasteiger partial charge < -0.3 is 0 Å². The third kappa shape index (κ3) is 1.81. The minimum Gasteiger partial charge on any atom is -0.286 e. The number of thiophene rings is 1. The average molecular weight is 300 g/mol. The summed E-state index contributed by atoms with van der Waals surface area (Å²) in [6.45, 7) is 2.89. The van der Waals surface area contributed by atoms with Crippen LogP contribution in [0.1, 0.15) is 6.92 Å². The molecular formula is C15H12N2OS2. The first-order chi connectivity index (χ1) is 9.72. The number of fused-ring (bicyclic) bond motifs is 2. The van der Waals surface area contributed by atoms with Gasteiger partial charge in [0.25, 0.3) is 5.56 Å². The predicted molar refractivity (Wildman–Crippen MR) is 84.6 cm³/mol. The molecule has 5 heteroatoms. The fourth-order valence-corrected chi connectivity index (χ4v) is 4.56. The number of aromatic nitrogens is 2. The lowest BCUT2D eigenvalue weighted by atomic mass is 10.2. The summed E-state index contributed by atoms with van der Waals surface area (Å²) in [5, 5.41) is 2.03. The van der Waals surface area contributed by atoms with Crippen LogP contribution in [0, 0.1) is 0 Å². The third-order valence-electron chi connectivity index (χ3n) is 3.42. The lowest BCUT2D eigenvalue weighted by Crippen LogP contribution is -2.20. The van der Waals surface area contributed by atoms with Crippen molar-refractivity contribution in [2.75, 3.05) is 0 Å². The molecule has 0 saturated carbocycles. The van der Waals surface area contributed by atoms with Crippen molar-refractivity contribution in [3.63, 3.8) is 0 Å². The summed E-state index contributed by atoms with van der Waals surface area (Å²) < 4.78 is 1.80.